The molecule has 1 N–H and O–H groups in total. The van der Waals surface area contributed by atoms with Crippen LogP contribution in [0.1, 0.15) is 28.2 Å². The summed E-state index contributed by atoms with van der Waals surface area (Å²) in [6, 6.07) is 5.85. The van der Waals surface area contributed by atoms with E-state index in [2.05, 4.69) is 5.10 Å². The van der Waals surface area contributed by atoms with Gasteiger partial charge in [0.1, 0.15) is 11.2 Å². The third kappa shape index (κ3) is 3.32. The molecule has 1 unspecified atom stereocenters. The fourth-order valence-electron chi connectivity index (χ4n) is 3.62. The van der Waals surface area contributed by atoms with Gasteiger partial charge in [-0.15, -0.1) is 0 Å². The standard InChI is InChI=1S/C19H22FN3O4/c1-12-16(13(2)23(21-12)15-6-4-14(20)5-7-15)17(24)22-9-8-19(10-22,11-27-3)18(25)26/h4-7H,8-11H2,1-3H3,(H,25,26). The fourth-order valence-corrected chi connectivity index (χ4v) is 3.62. The molecule has 0 bridgehead atoms. The number of aromatic nitrogens is 2. The van der Waals surface area contributed by atoms with E-state index in [1.54, 1.807) is 35.6 Å². The minimum absolute atomic E-state index is 0.0545. The molecule has 27 heavy (non-hydrogen) atoms. The number of amides is 1. The lowest BCUT2D eigenvalue weighted by molar-refractivity contribution is -0.151. The zero-order valence-corrected chi connectivity index (χ0v) is 15.5. The number of methoxy groups -OCH3 is 1. The summed E-state index contributed by atoms with van der Waals surface area (Å²) in [5, 5.41) is 14.0. The molecule has 1 fully saturated rings. The van der Waals surface area contributed by atoms with Crippen LogP contribution in [0.2, 0.25) is 0 Å². The van der Waals surface area contributed by atoms with Crippen molar-refractivity contribution in [3.05, 3.63) is 47.0 Å². The zero-order chi connectivity index (χ0) is 19.8. The molecule has 8 heteroatoms. The van der Waals surface area contributed by atoms with E-state index in [9.17, 15) is 19.1 Å². The summed E-state index contributed by atoms with van der Waals surface area (Å²) in [4.78, 5) is 26.3. The van der Waals surface area contributed by atoms with Crippen molar-refractivity contribution in [3.63, 3.8) is 0 Å². The van der Waals surface area contributed by atoms with E-state index in [0.717, 1.165) is 0 Å². The van der Waals surface area contributed by atoms with Gasteiger partial charge in [-0.2, -0.15) is 5.10 Å². The van der Waals surface area contributed by atoms with E-state index in [-0.39, 0.29) is 24.9 Å². The largest absolute Gasteiger partial charge is 0.481 e. The molecule has 0 spiro atoms. The predicted molar refractivity (Wildman–Crippen MR) is 95.5 cm³/mol. The van der Waals surface area contributed by atoms with Gasteiger partial charge in [0, 0.05) is 20.2 Å². The second-order valence-corrected chi connectivity index (χ2v) is 6.93. The van der Waals surface area contributed by atoms with Gasteiger partial charge >= 0.3 is 5.97 Å². The zero-order valence-electron chi connectivity index (χ0n) is 15.5. The molecule has 1 aliphatic rings. The highest BCUT2D eigenvalue weighted by Gasteiger charge is 2.47. The van der Waals surface area contributed by atoms with Crippen LogP contribution in [-0.4, -0.2) is 58.5 Å². The van der Waals surface area contributed by atoms with Crippen molar-refractivity contribution >= 4 is 11.9 Å². The maximum atomic E-state index is 13.2. The average Bonchev–Trinajstić information content (AvgIpc) is 3.18. The summed E-state index contributed by atoms with van der Waals surface area (Å²) >= 11 is 0. The number of hydrogen-bond acceptors (Lipinski definition) is 4. The SMILES string of the molecule is COCC1(C(=O)O)CCN(C(=O)c2c(C)nn(-c3ccc(F)cc3)c2C)C1. The van der Waals surface area contributed by atoms with Crippen LogP contribution in [0.3, 0.4) is 0 Å². The Kier molecular flexibility index (Phi) is 5.01. The number of ether oxygens (including phenoxy) is 1. The van der Waals surface area contributed by atoms with Crippen LogP contribution >= 0.6 is 0 Å². The number of benzene rings is 1. The number of hydrogen-bond donors (Lipinski definition) is 1. The predicted octanol–water partition coefficient (Wildman–Crippen LogP) is 2.19. The molecule has 0 saturated carbocycles. The summed E-state index contributed by atoms with van der Waals surface area (Å²) in [7, 11) is 1.45. The molecule has 1 aliphatic heterocycles. The fraction of sp³-hybridized carbons (Fsp3) is 0.421. The van der Waals surface area contributed by atoms with Crippen LogP contribution in [0.25, 0.3) is 5.69 Å². The first-order chi connectivity index (χ1) is 12.8. The van der Waals surface area contributed by atoms with Crippen molar-refractivity contribution < 1.29 is 23.8 Å². The Hall–Kier alpha value is -2.74. The Morgan fingerprint density at radius 3 is 2.56 bits per heavy atom. The number of aliphatic carboxylic acids is 1. The van der Waals surface area contributed by atoms with Gasteiger partial charge in [-0.25, -0.2) is 9.07 Å². The summed E-state index contributed by atoms with van der Waals surface area (Å²) < 4.78 is 19.8. The van der Waals surface area contributed by atoms with Crippen LogP contribution in [0, 0.1) is 25.1 Å². The van der Waals surface area contributed by atoms with Gasteiger partial charge in [0.05, 0.1) is 29.2 Å². The number of likely N-dealkylation sites (tertiary alicyclic amines) is 1. The minimum Gasteiger partial charge on any atom is -0.481 e. The van der Waals surface area contributed by atoms with Crippen molar-refractivity contribution in [3.8, 4) is 5.69 Å². The van der Waals surface area contributed by atoms with E-state index in [1.807, 2.05) is 0 Å². The lowest BCUT2D eigenvalue weighted by Gasteiger charge is -2.23. The van der Waals surface area contributed by atoms with E-state index in [0.29, 0.717) is 35.6 Å². The van der Waals surface area contributed by atoms with Crippen molar-refractivity contribution in [1.29, 1.82) is 0 Å². The number of nitrogens with zero attached hydrogens (tertiary/aromatic N) is 3. The van der Waals surface area contributed by atoms with Gasteiger partial charge in [0.25, 0.3) is 5.91 Å². The van der Waals surface area contributed by atoms with E-state index >= 15 is 0 Å². The maximum absolute atomic E-state index is 13.2. The summed E-state index contributed by atoms with van der Waals surface area (Å²) in [6.45, 7) is 3.99. The normalized spacial score (nSPS) is 19.5. The van der Waals surface area contributed by atoms with E-state index in [4.69, 9.17) is 4.74 Å². The minimum atomic E-state index is -1.08. The quantitative estimate of drug-likeness (QED) is 0.866. The molecule has 1 amide bonds. The topological polar surface area (TPSA) is 84.7 Å². The summed E-state index contributed by atoms with van der Waals surface area (Å²) in [5.41, 5.74) is 1.18. The van der Waals surface area contributed by atoms with Gasteiger partial charge in [-0.05, 0) is 44.5 Å². The van der Waals surface area contributed by atoms with E-state index in [1.165, 1.54) is 19.2 Å². The second-order valence-electron chi connectivity index (χ2n) is 6.93. The molecule has 1 aromatic heterocycles. The summed E-state index contributed by atoms with van der Waals surface area (Å²) in [5.74, 6) is -1.57. The van der Waals surface area contributed by atoms with Gasteiger partial charge in [0.15, 0.2) is 0 Å². The molecule has 1 saturated heterocycles. The van der Waals surface area contributed by atoms with Crippen molar-refractivity contribution in [2.45, 2.75) is 20.3 Å². The Balaban J connectivity index is 1.90. The summed E-state index contributed by atoms with van der Waals surface area (Å²) in [6.07, 6.45) is 0.339. The highest BCUT2D eigenvalue weighted by atomic mass is 19.1. The number of carboxylic acid groups (broad SMARTS) is 1. The molecular weight excluding hydrogens is 353 g/mol. The molecule has 0 radical (unpaired) electrons. The molecule has 0 aliphatic carbocycles. The maximum Gasteiger partial charge on any atom is 0.313 e. The highest BCUT2D eigenvalue weighted by Crippen LogP contribution is 2.33. The van der Waals surface area contributed by atoms with Crippen molar-refractivity contribution in [2.24, 2.45) is 5.41 Å². The number of carbonyl (C=O) groups is 2. The molecular formula is C19H22FN3O4. The van der Waals surface area contributed by atoms with Gasteiger partial charge in [-0.1, -0.05) is 0 Å². The molecule has 1 atom stereocenters. The van der Waals surface area contributed by atoms with Gasteiger partial charge in [-0.3, -0.25) is 9.59 Å². The second kappa shape index (κ2) is 7.11. The van der Waals surface area contributed by atoms with Crippen molar-refractivity contribution in [1.82, 2.24) is 14.7 Å². The lowest BCUT2D eigenvalue weighted by atomic mass is 9.88. The van der Waals surface area contributed by atoms with Crippen molar-refractivity contribution in [2.75, 3.05) is 26.8 Å². The molecule has 7 nitrogen and oxygen atoms in total. The molecule has 2 aromatic rings. The first kappa shape index (κ1) is 19.0. The van der Waals surface area contributed by atoms with Gasteiger partial charge < -0.3 is 14.7 Å². The highest BCUT2D eigenvalue weighted by molar-refractivity contribution is 5.97. The number of halogens is 1. The molecule has 1 aromatic carbocycles. The number of carbonyl (C=O) groups excluding carboxylic acids is 1. The third-order valence-electron chi connectivity index (χ3n) is 5.09. The smallest absolute Gasteiger partial charge is 0.313 e. The molecule has 3 rings (SSSR count). The Morgan fingerprint density at radius 1 is 1.30 bits per heavy atom. The Bertz CT molecular complexity index is 878. The Morgan fingerprint density at radius 2 is 1.96 bits per heavy atom. The van der Waals surface area contributed by atoms with Crippen LogP contribution in [0.5, 0.6) is 0 Å². The van der Waals surface area contributed by atoms with Gasteiger partial charge in [0.2, 0.25) is 0 Å². The first-order valence-electron chi connectivity index (χ1n) is 8.63. The van der Waals surface area contributed by atoms with Crippen LogP contribution in [0.15, 0.2) is 24.3 Å². The van der Waals surface area contributed by atoms with Crippen LogP contribution < -0.4 is 0 Å². The number of aryl methyl sites for hydroxylation is 1. The monoisotopic (exact) mass is 375 g/mol. The van der Waals surface area contributed by atoms with E-state index < -0.39 is 11.4 Å². The van der Waals surface area contributed by atoms with Crippen LogP contribution in [-0.2, 0) is 9.53 Å². The number of rotatable bonds is 5. The average molecular weight is 375 g/mol. The molecule has 2 heterocycles. The molecule has 144 valence electrons. The number of carboxylic acids is 1. The van der Waals surface area contributed by atoms with Crippen LogP contribution in [0.4, 0.5) is 4.39 Å². The Labute approximate surface area is 156 Å². The lowest BCUT2D eigenvalue weighted by Crippen LogP contribution is -2.40. The third-order valence-corrected chi connectivity index (χ3v) is 5.09. The first-order valence-corrected chi connectivity index (χ1v) is 8.63.